The normalized spacial score (nSPS) is 11.2. The number of carboxylic acids is 1. The smallest absolute Gasteiger partial charge is 0.328 e. The molecule has 0 aliphatic heterocycles. The number of carbonyl (C=O) groups excluding carboxylic acids is 1. The molecule has 0 aromatic heterocycles. The Morgan fingerprint density at radius 1 is 0.905 bits per heavy atom. The molecule has 4 nitrogen and oxygen atoms in total. The molecule has 122 valence electrons. The number of amides is 1. The standard InChI is InChI=1S/C17H31NO3/c1-15(2)11-9-7-5-3-4-6-8-10-14-18-16(19)12-13-17(20)21/h12-13,15H,3-11,14H2,1-2H3,(H,18,19)(H,20,21). The Morgan fingerprint density at radius 2 is 1.43 bits per heavy atom. The molecule has 0 fully saturated rings. The zero-order valence-electron chi connectivity index (χ0n) is 13.6. The molecule has 0 aromatic rings. The summed E-state index contributed by atoms with van der Waals surface area (Å²) in [4.78, 5) is 21.4. The molecule has 0 atom stereocenters. The van der Waals surface area contributed by atoms with E-state index < -0.39 is 5.97 Å². The number of nitrogens with one attached hydrogen (secondary N) is 1. The van der Waals surface area contributed by atoms with Crippen molar-refractivity contribution < 1.29 is 14.7 Å². The maximum atomic E-state index is 11.2. The molecule has 1 amide bonds. The van der Waals surface area contributed by atoms with E-state index in [0.29, 0.717) is 6.54 Å². The highest BCUT2D eigenvalue weighted by Gasteiger charge is 1.97. The van der Waals surface area contributed by atoms with Gasteiger partial charge in [0.15, 0.2) is 0 Å². The van der Waals surface area contributed by atoms with Crippen LogP contribution in [0.1, 0.15) is 71.6 Å². The zero-order valence-corrected chi connectivity index (χ0v) is 13.6. The molecule has 2 N–H and O–H groups in total. The van der Waals surface area contributed by atoms with Gasteiger partial charge in [0.1, 0.15) is 0 Å². The molecule has 0 radical (unpaired) electrons. The summed E-state index contributed by atoms with van der Waals surface area (Å²) in [7, 11) is 0. The minimum Gasteiger partial charge on any atom is -0.478 e. The van der Waals surface area contributed by atoms with Gasteiger partial charge in [-0.2, -0.15) is 0 Å². The summed E-state index contributed by atoms with van der Waals surface area (Å²) >= 11 is 0. The second-order valence-corrected chi connectivity index (χ2v) is 5.97. The maximum absolute atomic E-state index is 11.2. The Morgan fingerprint density at radius 3 is 1.95 bits per heavy atom. The first-order valence-electron chi connectivity index (χ1n) is 8.21. The maximum Gasteiger partial charge on any atom is 0.328 e. The van der Waals surface area contributed by atoms with Crippen LogP contribution in [0.2, 0.25) is 0 Å². The summed E-state index contributed by atoms with van der Waals surface area (Å²) < 4.78 is 0. The van der Waals surface area contributed by atoms with E-state index in [2.05, 4.69) is 19.2 Å². The largest absolute Gasteiger partial charge is 0.478 e. The molecule has 0 bridgehead atoms. The highest BCUT2D eigenvalue weighted by molar-refractivity contribution is 5.93. The highest BCUT2D eigenvalue weighted by Crippen LogP contribution is 2.12. The fourth-order valence-electron chi connectivity index (χ4n) is 2.16. The van der Waals surface area contributed by atoms with Crippen LogP contribution in [-0.4, -0.2) is 23.5 Å². The van der Waals surface area contributed by atoms with Crippen molar-refractivity contribution in [3.8, 4) is 0 Å². The number of unbranched alkanes of at least 4 members (excludes halogenated alkanes) is 7. The predicted octanol–water partition coefficient (Wildman–Crippen LogP) is 3.91. The Labute approximate surface area is 129 Å². The minimum atomic E-state index is -1.10. The van der Waals surface area contributed by atoms with E-state index in [1.807, 2.05) is 0 Å². The van der Waals surface area contributed by atoms with Crippen LogP contribution in [0.25, 0.3) is 0 Å². The Kier molecular flexibility index (Phi) is 12.8. The third kappa shape index (κ3) is 16.6. The monoisotopic (exact) mass is 297 g/mol. The molecule has 0 aromatic carbocycles. The summed E-state index contributed by atoms with van der Waals surface area (Å²) in [5.41, 5.74) is 0. The number of carbonyl (C=O) groups is 2. The highest BCUT2D eigenvalue weighted by atomic mass is 16.4. The van der Waals surface area contributed by atoms with Gasteiger partial charge in [-0.3, -0.25) is 4.79 Å². The van der Waals surface area contributed by atoms with E-state index >= 15 is 0 Å². The van der Waals surface area contributed by atoms with Crippen molar-refractivity contribution in [1.82, 2.24) is 5.32 Å². The van der Waals surface area contributed by atoms with E-state index in [1.54, 1.807) is 0 Å². The van der Waals surface area contributed by atoms with Gasteiger partial charge in [-0.05, 0) is 12.3 Å². The van der Waals surface area contributed by atoms with Crippen molar-refractivity contribution in [2.45, 2.75) is 71.6 Å². The minimum absolute atomic E-state index is 0.331. The van der Waals surface area contributed by atoms with E-state index in [0.717, 1.165) is 30.9 Å². The summed E-state index contributed by atoms with van der Waals surface area (Å²) in [5, 5.41) is 11.0. The summed E-state index contributed by atoms with van der Waals surface area (Å²) in [6.45, 7) is 5.17. The lowest BCUT2D eigenvalue weighted by molar-refractivity contribution is -0.131. The first-order valence-corrected chi connectivity index (χ1v) is 8.21. The van der Waals surface area contributed by atoms with Crippen LogP contribution in [0.4, 0.5) is 0 Å². The van der Waals surface area contributed by atoms with E-state index in [4.69, 9.17) is 5.11 Å². The summed E-state index contributed by atoms with van der Waals surface area (Å²) in [5.74, 6) is -0.605. The number of hydrogen-bond acceptors (Lipinski definition) is 2. The molecule has 0 aliphatic rings. The molecule has 21 heavy (non-hydrogen) atoms. The zero-order chi connectivity index (χ0) is 15.9. The van der Waals surface area contributed by atoms with Gasteiger partial charge in [-0.25, -0.2) is 4.79 Å². The van der Waals surface area contributed by atoms with Crippen LogP contribution in [0.15, 0.2) is 12.2 Å². The van der Waals surface area contributed by atoms with Gasteiger partial charge in [0.25, 0.3) is 0 Å². The molecule has 0 saturated heterocycles. The average molecular weight is 297 g/mol. The topological polar surface area (TPSA) is 66.4 Å². The molecular weight excluding hydrogens is 266 g/mol. The van der Waals surface area contributed by atoms with Crippen molar-refractivity contribution in [3.05, 3.63) is 12.2 Å². The molecule has 0 saturated carbocycles. The van der Waals surface area contributed by atoms with Crippen molar-refractivity contribution in [2.75, 3.05) is 6.54 Å². The molecule has 0 rings (SSSR count). The van der Waals surface area contributed by atoms with Crippen LogP contribution in [0.5, 0.6) is 0 Å². The lowest BCUT2D eigenvalue weighted by Crippen LogP contribution is -2.22. The van der Waals surface area contributed by atoms with Gasteiger partial charge < -0.3 is 10.4 Å². The van der Waals surface area contributed by atoms with E-state index in [9.17, 15) is 9.59 Å². The Balaban J connectivity index is 3.22. The fourth-order valence-corrected chi connectivity index (χ4v) is 2.16. The molecule has 0 aliphatic carbocycles. The van der Waals surface area contributed by atoms with Crippen LogP contribution in [0.3, 0.4) is 0 Å². The quantitative estimate of drug-likeness (QED) is 0.400. The molecule has 0 heterocycles. The van der Waals surface area contributed by atoms with Gasteiger partial charge in [0.2, 0.25) is 5.91 Å². The number of rotatable bonds is 13. The van der Waals surface area contributed by atoms with Gasteiger partial charge in [-0.15, -0.1) is 0 Å². The Bertz CT molecular complexity index is 311. The number of aliphatic carboxylic acids is 1. The lowest BCUT2D eigenvalue weighted by atomic mass is 10.0. The second-order valence-electron chi connectivity index (χ2n) is 5.97. The summed E-state index contributed by atoms with van der Waals surface area (Å²) in [6, 6.07) is 0. The van der Waals surface area contributed by atoms with Gasteiger partial charge in [0, 0.05) is 18.7 Å². The molecule has 4 heteroatoms. The van der Waals surface area contributed by atoms with Crippen LogP contribution in [0, 0.1) is 5.92 Å². The second kappa shape index (κ2) is 13.7. The van der Waals surface area contributed by atoms with E-state index in [-0.39, 0.29) is 5.91 Å². The fraction of sp³-hybridized carbons (Fsp3) is 0.765. The van der Waals surface area contributed by atoms with Crippen molar-refractivity contribution >= 4 is 11.9 Å². The molecule has 0 spiro atoms. The first kappa shape index (κ1) is 19.7. The van der Waals surface area contributed by atoms with Gasteiger partial charge in [-0.1, -0.05) is 65.2 Å². The predicted molar refractivity (Wildman–Crippen MR) is 86.2 cm³/mol. The molecule has 0 unspecified atom stereocenters. The van der Waals surface area contributed by atoms with Crippen molar-refractivity contribution in [2.24, 2.45) is 5.92 Å². The molecular formula is C17H31NO3. The van der Waals surface area contributed by atoms with E-state index in [1.165, 1.54) is 44.9 Å². The number of hydrogen-bond donors (Lipinski definition) is 2. The Hall–Kier alpha value is -1.32. The number of carboxylic acid groups (broad SMARTS) is 1. The third-order valence-electron chi connectivity index (χ3n) is 3.38. The average Bonchev–Trinajstić information content (AvgIpc) is 2.42. The first-order chi connectivity index (χ1) is 10.0. The third-order valence-corrected chi connectivity index (χ3v) is 3.38. The van der Waals surface area contributed by atoms with Crippen molar-refractivity contribution in [3.63, 3.8) is 0 Å². The van der Waals surface area contributed by atoms with Crippen LogP contribution < -0.4 is 5.32 Å². The SMILES string of the molecule is CC(C)CCCCCCCCCCNC(=O)C=CC(=O)O. The van der Waals surface area contributed by atoms with Crippen molar-refractivity contribution in [1.29, 1.82) is 0 Å². The summed E-state index contributed by atoms with van der Waals surface area (Å²) in [6.07, 6.45) is 13.2. The van der Waals surface area contributed by atoms with Crippen LogP contribution in [-0.2, 0) is 9.59 Å². The van der Waals surface area contributed by atoms with Gasteiger partial charge >= 0.3 is 5.97 Å². The van der Waals surface area contributed by atoms with Gasteiger partial charge in [0.05, 0.1) is 0 Å². The lowest BCUT2D eigenvalue weighted by Gasteiger charge is -2.05. The van der Waals surface area contributed by atoms with Crippen LogP contribution >= 0.6 is 0 Å².